The van der Waals surface area contributed by atoms with Gasteiger partial charge in [-0.2, -0.15) is 0 Å². The molecule has 0 saturated carbocycles. The van der Waals surface area contributed by atoms with Gasteiger partial charge in [0.2, 0.25) is 0 Å². The number of rotatable bonds is 11. The number of carbonyl (C=O) groups is 2. The maximum absolute atomic E-state index is 13.4. The monoisotopic (exact) mass is 565 g/mol. The number of piperidine rings is 2. The number of hydrogen-bond acceptors (Lipinski definition) is 7. The molecule has 0 spiro atoms. The van der Waals surface area contributed by atoms with E-state index in [0.29, 0.717) is 29.6 Å². The highest BCUT2D eigenvalue weighted by Crippen LogP contribution is 2.31. The highest BCUT2D eigenvalue weighted by Gasteiger charge is 2.33. The number of carbonyl (C=O) groups excluding carboxylic acids is 2. The summed E-state index contributed by atoms with van der Waals surface area (Å²) < 4.78 is 19.0. The van der Waals surface area contributed by atoms with E-state index in [1.807, 2.05) is 31.2 Å². The Kier molecular flexibility index (Phi) is 9.60. The maximum Gasteiger partial charge on any atom is 0.171 e. The van der Waals surface area contributed by atoms with E-state index in [1.165, 1.54) is 29.7 Å². The first-order valence-corrected chi connectivity index (χ1v) is 15.3. The molecule has 4 heterocycles. The van der Waals surface area contributed by atoms with Gasteiger partial charge in [-0.25, -0.2) is 9.37 Å². The number of furan rings is 1. The fourth-order valence-electron chi connectivity index (χ4n) is 6.55. The van der Waals surface area contributed by atoms with Crippen molar-refractivity contribution in [3.63, 3.8) is 0 Å². The first-order chi connectivity index (χ1) is 19.3. The van der Waals surface area contributed by atoms with E-state index in [4.69, 9.17) is 4.42 Å². The minimum atomic E-state index is -0.183. The molecule has 0 bridgehead atoms. The van der Waals surface area contributed by atoms with Crippen molar-refractivity contribution in [2.24, 2.45) is 17.8 Å². The molecule has 3 aromatic rings. The topological polar surface area (TPSA) is 66.7 Å². The van der Waals surface area contributed by atoms with Gasteiger partial charge in [0.1, 0.15) is 22.4 Å². The summed E-state index contributed by atoms with van der Waals surface area (Å²) in [6, 6.07) is 10.9. The van der Waals surface area contributed by atoms with E-state index >= 15 is 0 Å². The molecule has 2 fully saturated rings. The molecule has 0 N–H and O–H groups in total. The van der Waals surface area contributed by atoms with E-state index in [2.05, 4.69) is 14.8 Å². The van der Waals surface area contributed by atoms with Crippen LogP contribution in [0.5, 0.6) is 0 Å². The summed E-state index contributed by atoms with van der Waals surface area (Å²) in [7, 11) is 0. The van der Waals surface area contributed by atoms with Crippen LogP contribution >= 0.6 is 11.3 Å². The van der Waals surface area contributed by atoms with Crippen LogP contribution in [0.4, 0.5) is 4.39 Å². The zero-order valence-corrected chi connectivity index (χ0v) is 24.4. The largest absolute Gasteiger partial charge is 0.468 e. The van der Waals surface area contributed by atoms with Crippen molar-refractivity contribution in [2.75, 3.05) is 32.7 Å². The molecule has 0 amide bonds. The third kappa shape index (κ3) is 7.74. The zero-order valence-electron chi connectivity index (χ0n) is 23.6. The first-order valence-electron chi connectivity index (χ1n) is 14.5. The Labute approximate surface area is 240 Å². The third-order valence-corrected chi connectivity index (χ3v) is 9.73. The summed E-state index contributed by atoms with van der Waals surface area (Å²) in [4.78, 5) is 35.4. The standard InChI is InChI=1S/C32H40FN3O3S/c1-22-32(23(2)37)40-31(34-22)17-29(38)16-27-20-36(21-30-6-4-14-39-30)13-11-26(27)19-35-12-3-5-25(18-35)15-24-7-9-28(33)10-8-24/h4,6-10,14,25-27H,3,5,11-13,15-21H2,1-2H3/t25-,26-,27+/m0/s1. The van der Waals surface area contributed by atoms with Gasteiger partial charge in [0.05, 0.1) is 29.8 Å². The highest BCUT2D eigenvalue weighted by molar-refractivity contribution is 7.13. The van der Waals surface area contributed by atoms with E-state index in [-0.39, 0.29) is 23.3 Å². The average molecular weight is 566 g/mol. The van der Waals surface area contributed by atoms with Crippen molar-refractivity contribution in [1.82, 2.24) is 14.8 Å². The molecular formula is C32H40FN3O3S. The molecule has 0 aliphatic carbocycles. The number of hydrogen-bond donors (Lipinski definition) is 0. The number of thiazole rings is 1. The van der Waals surface area contributed by atoms with Crippen LogP contribution in [0.3, 0.4) is 0 Å². The molecule has 0 radical (unpaired) electrons. The number of benzene rings is 1. The van der Waals surface area contributed by atoms with Crippen LogP contribution in [-0.2, 0) is 24.2 Å². The third-order valence-electron chi connectivity index (χ3n) is 8.47. The molecule has 5 rings (SSSR count). The van der Waals surface area contributed by atoms with E-state index in [0.717, 1.165) is 68.6 Å². The Balaban J connectivity index is 1.22. The predicted octanol–water partition coefficient (Wildman–Crippen LogP) is 5.98. The molecule has 8 heteroatoms. The van der Waals surface area contributed by atoms with Crippen LogP contribution in [0.25, 0.3) is 0 Å². The molecule has 2 aromatic heterocycles. The lowest BCUT2D eigenvalue weighted by Crippen LogP contribution is -2.47. The molecule has 1 aromatic carbocycles. The molecule has 2 aliphatic heterocycles. The highest BCUT2D eigenvalue weighted by atomic mass is 32.1. The summed E-state index contributed by atoms with van der Waals surface area (Å²) >= 11 is 1.36. The number of aryl methyl sites for hydroxylation is 1. The summed E-state index contributed by atoms with van der Waals surface area (Å²) in [5.41, 5.74) is 1.93. The molecule has 2 aliphatic rings. The van der Waals surface area contributed by atoms with Gasteiger partial charge in [0.15, 0.2) is 5.78 Å². The average Bonchev–Trinajstić information content (AvgIpc) is 3.56. The predicted molar refractivity (Wildman–Crippen MR) is 155 cm³/mol. The van der Waals surface area contributed by atoms with E-state index in [9.17, 15) is 14.0 Å². The summed E-state index contributed by atoms with van der Waals surface area (Å²) in [6.45, 7) is 9.19. The lowest BCUT2D eigenvalue weighted by atomic mass is 9.80. The Bertz CT molecular complexity index is 1270. The second-order valence-corrected chi connectivity index (χ2v) is 12.8. The normalized spacial score (nSPS) is 22.4. The Morgan fingerprint density at radius 1 is 1.07 bits per heavy atom. The lowest BCUT2D eigenvalue weighted by molar-refractivity contribution is -0.120. The summed E-state index contributed by atoms with van der Waals surface area (Å²) in [5.74, 6) is 2.27. The number of ketones is 2. The first kappa shape index (κ1) is 28.8. The van der Waals surface area contributed by atoms with Gasteiger partial charge in [-0.1, -0.05) is 12.1 Å². The minimum absolute atomic E-state index is 0.00822. The van der Waals surface area contributed by atoms with Gasteiger partial charge in [0, 0.05) is 33.0 Å². The molecular weight excluding hydrogens is 525 g/mol. The van der Waals surface area contributed by atoms with Crippen LogP contribution in [0.15, 0.2) is 47.1 Å². The molecule has 6 nitrogen and oxygen atoms in total. The van der Waals surface area contributed by atoms with Gasteiger partial charge in [-0.05, 0) is 93.3 Å². The lowest BCUT2D eigenvalue weighted by Gasteiger charge is -2.42. The maximum atomic E-state index is 13.4. The van der Waals surface area contributed by atoms with Crippen molar-refractivity contribution in [2.45, 2.75) is 58.9 Å². The van der Waals surface area contributed by atoms with Crippen molar-refractivity contribution >= 4 is 22.9 Å². The number of aromatic nitrogens is 1. The SMILES string of the molecule is CC(=O)c1sc(CC(=O)C[C@@H]2CN(Cc3ccco3)CC[C@H]2CN2CCC[C@@H](Cc3ccc(F)cc3)C2)nc1C. The molecule has 2 saturated heterocycles. The molecule has 3 atom stereocenters. The molecule has 214 valence electrons. The van der Waals surface area contributed by atoms with Gasteiger partial charge < -0.3 is 9.32 Å². The van der Waals surface area contributed by atoms with E-state index < -0.39 is 0 Å². The molecule has 0 unspecified atom stereocenters. The second-order valence-electron chi connectivity index (χ2n) is 11.7. The summed E-state index contributed by atoms with van der Waals surface area (Å²) in [5, 5.41) is 0.743. The zero-order chi connectivity index (χ0) is 28.1. The van der Waals surface area contributed by atoms with E-state index in [1.54, 1.807) is 25.3 Å². The Morgan fingerprint density at radius 2 is 1.90 bits per heavy atom. The van der Waals surface area contributed by atoms with Crippen LogP contribution in [-0.4, -0.2) is 59.1 Å². The smallest absolute Gasteiger partial charge is 0.171 e. The van der Waals surface area contributed by atoms with Crippen LogP contribution in [0.2, 0.25) is 0 Å². The quantitative estimate of drug-likeness (QED) is 0.267. The summed E-state index contributed by atoms with van der Waals surface area (Å²) in [6.07, 6.45) is 6.96. The van der Waals surface area contributed by atoms with Gasteiger partial charge >= 0.3 is 0 Å². The number of Topliss-reactive ketones (excluding diaryl/α,β-unsaturated/α-hetero) is 2. The van der Waals surface area contributed by atoms with Crippen molar-refractivity contribution in [3.8, 4) is 0 Å². The Hall–Kier alpha value is -2.68. The van der Waals surface area contributed by atoms with Gasteiger partial charge in [-0.15, -0.1) is 11.3 Å². The van der Waals surface area contributed by atoms with Gasteiger partial charge in [0.25, 0.3) is 0 Å². The molecule has 40 heavy (non-hydrogen) atoms. The number of halogens is 1. The van der Waals surface area contributed by atoms with Crippen molar-refractivity contribution < 1.29 is 18.4 Å². The van der Waals surface area contributed by atoms with Crippen LogP contribution in [0.1, 0.15) is 64.3 Å². The minimum Gasteiger partial charge on any atom is -0.468 e. The number of nitrogens with zero attached hydrogens (tertiary/aromatic N) is 3. The van der Waals surface area contributed by atoms with Crippen LogP contribution in [0, 0.1) is 30.5 Å². The Morgan fingerprint density at radius 3 is 2.62 bits per heavy atom. The van der Waals surface area contributed by atoms with Gasteiger partial charge in [-0.3, -0.25) is 14.5 Å². The number of likely N-dealkylation sites (tertiary alicyclic amines) is 2. The fourth-order valence-corrected chi connectivity index (χ4v) is 7.54. The van der Waals surface area contributed by atoms with Crippen molar-refractivity contribution in [3.05, 3.63) is 75.4 Å². The second kappa shape index (κ2) is 13.3. The van der Waals surface area contributed by atoms with Crippen molar-refractivity contribution in [1.29, 1.82) is 0 Å². The van der Waals surface area contributed by atoms with Crippen LogP contribution < -0.4 is 0 Å². The fraction of sp³-hybridized carbons (Fsp3) is 0.531.